The minimum Gasteiger partial charge on any atom is -0.508 e. The van der Waals surface area contributed by atoms with Gasteiger partial charge >= 0.3 is 0 Å². The van der Waals surface area contributed by atoms with Gasteiger partial charge in [-0.2, -0.15) is 0 Å². The van der Waals surface area contributed by atoms with Crippen molar-refractivity contribution in [3.63, 3.8) is 0 Å². The Labute approximate surface area is 186 Å². The third-order valence-corrected chi connectivity index (χ3v) is 8.59. The van der Waals surface area contributed by atoms with Crippen LogP contribution in [-0.4, -0.2) is 24.3 Å². The Kier molecular flexibility index (Phi) is 4.49. The van der Waals surface area contributed by atoms with E-state index in [0.717, 1.165) is 49.7 Å². The summed E-state index contributed by atoms with van der Waals surface area (Å²) in [5.74, 6) is 5.33. The molecule has 4 fully saturated rings. The number of rotatable bonds is 4. The van der Waals surface area contributed by atoms with E-state index in [-0.39, 0.29) is 5.75 Å². The number of hydrogen-bond donors (Lipinski definition) is 1. The molecule has 4 aliphatic carbocycles. The van der Waals surface area contributed by atoms with Gasteiger partial charge in [-0.1, -0.05) is 0 Å². The van der Waals surface area contributed by atoms with Gasteiger partial charge in [0.2, 0.25) is 0 Å². The van der Waals surface area contributed by atoms with Crippen molar-refractivity contribution >= 4 is 27.3 Å². The Morgan fingerprint density at radius 3 is 2.26 bits per heavy atom. The molecular formula is C26H27NO3S. The van der Waals surface area contributed by atoms with Crippen molar-refractivity contribution in [1.82, 2.24) is 4.98 Å². The van der Waals surface area contributed by atoms with Crippen LogP contribution in [0.15, 0.2) is 42.0 Å². The molecule has 1 N–H and O–H groups in total. The monoisotopic (exact) mass is 433 g/mol. The summed E-state index contributed by atoms with van der Waals surface area (Å²) in [5.41, 5.74) is 4.54. The zero-order chi connectivity index (χ0) is 21.1. The van der Waals surface area contributed by atoms with Gasteiger partial charge < -0.3 is 14.6 Å². The largest absolute Gasteiger partial charge is 0.508 e. The maximum atomic E-state index is 9.60. The first-order valence-corrected chi connectivity index (χ1v) is 12.0. The topological polar surface area (TPSA) is 51.6 Å². The predicted octanol–water partition coefficient (Wildman–Crippen LogP) is 6.49. The summed E-state index contributed by atoms with van der Waals surface area (Å²) < 4.78 is 13.0. The molecule has 1 heterocycles. The van der Waals surface area contributed by atoms with Crippen LogP contribution in [0.5, 0.6) is 11.5 Å². The van der Waals surface area contributed by atoms with E-state index in [4.69, 9.17) is 14.5 Å². The Morgan fingerprint density at radius 1 is 0.968 bits per heavy atom. The van der Waals surface area contributed by atoms with E-state index in [2.05, 4.69) is 12.1 Å². The molecule has 160 valence electrons. The summed E-state index contributed by atoms with van der Waals surface area (Å²) in [4.78, 5) is 4.85. The summed E-state index contributed by atoms with van der Waals surface area (Å²) >= 11 is 1.65. The molecule has 0 saturated heterocycles. The zero-order valence-electron chi connectivity index (χ0n) is 17.9. The van der Waals surface area contributed by atoms with E-state index in [1.807, 2.05) is 19.2 Å². The van der Waals surface area contributed by atoms with Gasteiger partial charge in [-0.15, -0.1) is 11.3 Å². The van der Waals surface area contributed by atoms with Crippen molar-refractivity contribution in [2.45, 2.75) is 32.1 Å². The van der Waals surface area contributed by atoms with Crippen LogP contribution in [0, 0.1) is 23.7 Å². The fourth-order valence-corrected chi connectivity index (χ4v) is 7.51. The van der Waals surface area contributed by atoms with Gasteiger partial charge in [0.25, 0.3) is 0 Å². The highest BCUT2D eigenvalue weighted by Gasteiger charge is 2.46. The average molecular weight is 434 g/mol. The summed E-state index contributed by atoms with van der Waals surface area (Å²) in [6.07, 6.45) is 6.78. The molecule has 4 bridgehead atoms. The van der Waals surface area contributed by atoms with Gasteiger partial charge in [0, 0.05) is 11.1 Å². The highest BCUT2D eigenvalue weighted by Crippen LogP contribution is 2.58. The molecule has 31 heavy (non-hydrogen) atoms. The molecule has 4 nitrogen and oxygen atoms in total. The van der Waals surface area contributed by atoms with Crippen LogP contribution in [0.1, 0.15) is 37.7 Å². The van der Waals surface area contributed by atoms with Crippen molar-refractivity contribution in [3.05, 3.63) is 47.5 Å². The molecule has 2 aromatic carbocycles. The quantitative estimate of drug-likeness (QED) is 0.478. The first kappa shape index (κ1) is 19.2. The van der Waals surface area contributed by atoms with Crippen LogP contribution in [0.2, 0.25) is 0 Å². The SMILES string of the molecule is COC(=C1C2CC3CC(C2)CC1C3)c1cc(OC)c2nc(-c3ccc(O)cc3)sc2c1. The van der Waals surface area contributed by atoms with Gasteiger partial charge in [-0.25, -0.2) is 4.98 Å². The normalized spacial score (nSPS) is 26.5. The lowest BCUT2D eigenvalue weighted by Gasteiger charge is -2.51. The van der Waals surface area contributed by atoms with Crippen molar-refractivity contribution in [2.75, 3.05) is 14.2 Å². The summed E-state index contributed by atoms with van der Waals surface area (Å²) in [5, 5.41) is 10.5. The van der Waals surface area contributed by atoms with Gasteiger partial charge in [-0.05, 0) is 97.7 Å². The first-order valence-electron chi connectivity index (χ1n) is 11.2. The van der Waals surface area contributed by atoms with Gasteiger partial charge in [0.05, 0.1) is 18.9 Å². The third-order valence-electron chi connectivity index (χ3n) is 7.54. The fourth-order valence-electron chi connectivity index (χ4n) is 6.48. The standard InChI is InChI=1S/C26H27NO3S/c1-29-21-12-19(13-22-24(21)27-26(31-22)16-3-5-20(28)6-4-16)25(30-2)23-17-8-14-7-15(10-17)11-18(23)9-14/h3-6,12-15,17-18,28H,7-11H2,1-2H3. The fraction of sp³-hybridized carbons (Fsp3) is 0.423. The molecule has 0 atom stereocenters. The maximum Gasteiger partial charge on any atom is 0.146 e. The van der Waals surface area contributed by atoms with Crippen LogP contribution in [0.25, 0.3) is 26.5 Å². The predicted molar refractivity (Wildman–Crippen MR) is 124 cm³/mol. The lowest BCUT2D eigenvalue weighted by atomic mass is 9.54. The third kappa shape index (κ3) is 3.13. The Balaban J connectivity index is 1.47. The molecule has 1 aromatic heterocycles. The number of hydrogen-bond acceptors (Lipinski definition) is 5. The number of phenolic OH excluding ortho intramolecular Hbond substituents is 1. The van der Waals surface area contributed by atoms with Crippen LogP contribution in [0.3, 0.4) is 0 Å². The molecule has 0 amide bonds. The second-order valence-corrected chi connectivity index (χ2v) is 10.4. The number of methoxy groups -OCH3 is 2. The number of aromatic nitrogens is 1. The lowest BCUT2D eigenvalue weighted by Crippen LogP contribution is -2.40. The van der Waals surface area contributed by atoms with Crippen molar-refractivity contribution in [3.8, 4) is 22.1 Å². The second kappa shape index (κ2) is 7.27. The maximum absolute atomic E-state index is 9.60. The number of nitrogens with zero attached hydrogens (tertiary/aromatic N) is 1. The van der Waals surface area contributed by atoms with E-state index in [1.165, 1.54) is 32.1 Å². The van der Waals surface area contributed by atoms with Crippen LogP contribution >= 0.6 is 11.3 Å². The van der Waals surface area contributed by atoms with Gasteiger partial charge in [0.1, 0.15) is 27.8 Å². The lowest BCUT2D eigenvalue weighted by molar-refractivity contribution is 0.0675. The molecule has 4 aliphatic rings. The molecule has 0 radical (unpaired) electrons. The number of phenols is 1. The van der Waals surface area contributed by atoms with E-state index in [9.17, 15) is 5.11 Å². The minimum absolute atomic E-state index is 0.261. The molecule has 0 spiro atoms. The molecule has 4 saturated carbocycles. The molecule has 5 heteroatoms. The number of allylic oxidation sites excluding steroid dienone is 1. The van der Waals surface area contributed by atoms with Crippen LogP contribution in [0.4, 0.5) is 0 Å². The van der Waals surface area contributed by atoms with Crippen molar-refractivity contribution in [1.29, 1.82) is 0 Å². The summed E-state index contributed by atoms with van der Waals surface area (Å²) in [7, 11) is 3.53. The van der Waals surface area contributed by atoms with E-state index in [1.54, 1.807) is 36.2 Å². The number of aromatic hydroxyl groups is 1. The van der Waals surface area contributed by atoms with Crippen LogP contribution in [-0.2, 0) is 4.74 Å². The first-order chi connectivity index (χ1) is 15.1. The summed E-state index contributed by atoms with van der Waals surface area (Å²) in [6, 6.07) is 11.5. The van der Waals surface area contributed by atoms with Gasteiger partial charge in [-0.3, -0.25) is 0 Å². The van der Waals surface area contributed by atoms with E-state index in [0.29, 0.717) is 11.8 Å². The Hall–Kier alpha value is -2.53. The highest BCUT2D eigenvalue weighted by molar-refractivity contribution is 7.21. The number of fused-ring (bicyclic) bond motifs is 1. The van der Waals surface area contributed by atoms with Crippen molar-refractivity contribution in [2.24, 2.45) is 23.7 Å². The molecule has 0 unspecified atom stereocenters. The number of thiazole rings is 1. The van der Waals surface area contributed by atoms with E-state index >= 15 is 0 Å². The van der Waals surface area contributed by atoms with Crippen molar-refractivity contribution < 1.29 is 14.6 Å². The molecule has 7 rings (SSSR count). The molecule has 0 aliphatic heterocycles. The zero-order valence-corrected chi connectivity index (χ0v) is 18.7. The average Bonchev–Trinajstić information content (AvgIpc) is 3.19. The Morgan fingerprint density at radius 2 is 1.65 bits per heavy atom. The highest BCUT2D eigenvalue weighted by atomic mass is 32.1. The minimum atomic E-state index is 0.261. The van der Waals surface area contributed by atoms with Crippen LogP contribution < -0.4 is 4.74 Å². The molecular weight excluding hydrogens is 406 g/mol. The van der Waals surface area contributed by atoms with Gasteiger partial charge in [0.15, 0.2) is 0 Å². The Bertz CT molecular complexity index is 1150. The number of benzene rings is 2. The van der Waals surface area contributed by atoms with E-state index < -0.39 is 0 Å². The molecule has 3 aromatic rings. The smallest absolute Gasteiger partial charge is 0.146 e. The number of ether oxygens (including phenoxy) is 2. The summed E-state index contributed by atoms with van der Waals surface area (Å²) in [6.45, 7) is 0. The second-order valence-electron chi connectivity index (χ2n) is 9.38.